The van der Waals surface area contributed by atoms with Crippen molar-refractivity contribution in [1.29, 1.82) is 0 Å². The summed E-state index contributed by atoms with van der Waals surface area (Å²) in [6, 6.07) is 9.88. The normalized spacial score (nSPS) is 14.5. The van der Waals surface area contributed by atoms with Crippen molar-refractivity contribution >= 4 is 17.8 Å². The average Bonchev–Trinajstić information content (AvgIpc) is 3.29. The fourth-order valence-electron chi connectivity index (χ4n) is 4.23. The summed E-state index contributed by atoms with van der Waals surface area (Å²) in [5.74, 6) is -0.243. The number of halogens is 1. The van der Waals surface area contributed by atoms with Gasteiger partial charge in [0, 0.05) is 43.7 Å². The molecule has 0 aliphatic carbocycles. The molecular formula is C27H32FN5O4. The number of nitrogens with zero attached hydrogens (tertiary/aromatic N) is 4. The van der Waals surface area contributed by atoms with Crippen molar-refractivity contribution < 1.29 is 23.5 Å². The number of methoxy groups -OCH3 is 1. The Bertz CT molecular complexity index is 1240. The van der Waals surface area contributed by atoms with E-state index >= 15 is 0 Å². The minimum atomic E-state index is -0.540. The number of nitrogens with one attached hydrogen (secondary N) is 1. The number of hydrogen-bond donors (Lipinski definition) is 1. The van der Waals surface area contributed by atoms with Gasteiger partial charge in [0.25, 0.3) is 5.91 Å². The summed E-state index contributed by atoms with van der Waals surface area (Å²) < 4.78 is 25.9. The Morgan fingerprint density at radius 2 is 1.81 bits per heavy atom. The first-order chi connectivity index (χ1) is 17.6. The fraction of sp³-hybridized carbons (Fsp3) is 0.407. The van der Waals surface area contributed by atoms with Crippen molar-refractivity contribution in [2.75, 3.05) is 32.1 Å². The topological polar surface area (TPSA) is 98.6 Å². The molecule has 0 spiro atoms. The van der Waals surface area contributed by atoms with Crippen LogP contribution >= 0.6 is 0 Å². The van der Waals surface area contributed by atoms with Crippen molar-refractivity contribution in [1.82, 2.24) is 19.7 Å². The van der Waals surface area contributed by atoms with Crippen LogP contribution in [0.5, 0.6) is 0 Å². The number of benzene rings is 1. The molecule has 0 radical (unpaired) electrons. The lowest BCUT2D eigenvalue weighted by atomic mass is 10.0. The van der Waals surface area contributed by atoms with Gasteiger partial charge in [-0.2, -0.15) is 5.10 Å². The SMILES string of the molecule is COCC(=O)Nc1cc(-c2cn(C3CCN(C(=O)OC(C)(C)C)CC3)nc2-c2ccc(F)cc2)ccn1. The van der Waals surface area contributed by atoms with E-state index in [1.807, 2.05) is 37.7 Å². The number of aromatic nitrogens is 3. The summed E-state index contributed by atoms with van der Waals surface area (Å²) >= 11 is 0. The number of piperidine rings is 1. The van der Waals surface area contributed by atoms with Gasteiger partial charge in [0.2, 0.25) is 0 Å². The van der Waals surface area contributed by atoms with E-state index in [4.69, 9.17) is 14.6 Å². The highest BCUT2D eigenvalue weighted by molar-refractivity contribution is 5.91. The van der Waals surface area contributed by atoms with Crippen LogP contribution in [-0.2, 0) is 14.3 Å². The summed E-state index contributed by atoms with van der Waals surface area (Å²) in [7, 11) is 1.45. The highest BCUT2D eigenvalue weighted by Gasteiger charge is 2.28. The average molecular weight is 510 g/mol. The predicted molar refractivity (Wildman–Crippen MR) is 137 cm³/mol. The van der Waals surface area contributed by atoms with Gasteiger partial charge in [0.1, 0.15) is 29.5 Å². The highest BCUT2D eigenvalue weighted by atomic mass is 19.1. The Kier molecular flexibility index (Phi) is 7.87. The van der Waals surface area contributed by atoms with Crippen molar-refractivity contribution in [3.63, 3.8) is 0 Å². The molecule has 3 heterocycles. The second-order valence-corrected chi connectivity index (χ2v) is 9.99. The number of likely N-dealkylation sites (tertiary alicyclic amines) is 1. The van der Waals surface area contributed by atoms with E-state index in [1.54, 1.807) is 29.3 Å². The molecule has 1 N–H and O–H groups in total. The minimum Gasteiger partial charge on any atom is -0.444 e. The molecule has 9 nitrogen and oxygen atoms in total. The number of pyridine rings is 1. The molecule has 0 unspecified atom stereocenters. The number of ether oxygens (including phenoxy) is 2. The third-order valence-corrected chi connectivity index (χ3v) is 5.95. The zero-order valence-corrected chi connectivity index (χ0v) is 21.5. The van der Waals surface area contributed by atoms with Crippen molar-refractivity contribution in [2.45, 2.75) is 45.3 Å². The predicted octanol–water partition coefficient (Wildman–Crippen LogP) is 4.91. The Morgan fingerprint density at radius 3 is 2.46 bits per heavy atom. The largest absolute Gasteiger partial charge is 0.444 e. The Hall–Kier alpha value is -3.79. The summed E-state index contributed by atoms with van der Waals surface area (Å²) in [5, 5.41) is 7.61. The minimum absolute atomic E-state index is 0.0767. The van der Waals surface area contributed by atoms with Crippen LogP contribution in [0.2, 0.25) is 0 Å². The quantitative estimate of drug-likeness (QED) is 0.507. The first kappa shape index (κ1) is 26.3. The Labute approximate surface area is 215 Å². The molecule has 10 heteroatoms. The molecule has 1 aliphatic heterocycles. The molecule has 2 amide bonds. The molecule has 4 rings (SSSR count). The number of hydrogen-bond acceptors (Lipinski definition) is 6. The third-order valence-electron chi connectivity index (χ3n) is 5.95. The lowest BCUT2D eigenvalue weighted by molar-refractivity contribution is -0.119. The summed E-state index contributed by atoms with van der Waals surface area (Å²) in [5.41, 5.74) is 2.55. The van der Waals surface area contributed by atoms with Crippen LogP contribution in [0.15, 0.2) is 48.8 Å². The van der Waals surface area contributed by atoms with Gasteiger partial charge in [0.15, 0.2) is 0 Å². The van der Waals surface area contributed by atoms with Crippen LogP contribution in [0.3, 0.4) is 0 Å². The zero-order chi connectivity index (χ0) is 26.6. The van der Waals surface area contributed by atoms with Crippen molar-refractivity contribution in [3.8, 4) is 22.4 Å². The van der Waals surface area contributed by atoms with E-state index in [9.17, 15) is 14.0 Å². The van der Waals surface area contributed by atoms with Gasteiger partial charge >= 0.3 is 6.09 Å². The van der Waals surface area contributed by atoms with E-state index in [1.165, 1.54) is 19.2 Å². The number of rotatable bonds is 6. The lowest BCUT2D eigenvalue weighted by Gasteiger charge is -2.33. The summed E-state index contributed by atoms with van der Waals surface area (Å²) in [6.45, 7) is 6.61. The molecule has 3 aromatic rings. The Balaban J connectivity index is 1.61. The Morgan fingerprint density at radius 1 is 1.11 bits per heavy atom. The van der Waals surface area contributed by atoms with Crippen LogP contribution in [0.1, 0.15) is 39.7 Å². The molecule has 1 fully saturated rings. The summed E-state index contributed by atoms with van der Waals surface area (Å²) in [4.78, 5) is 30.4. The van der Waals surface area contributed by atoms with Gasteiger partial charge in [-0.25, -0.2) is 14.2 Å². The zero-order valence-electron chi connectivity index (χ0n) is 21.5. The molecule has 0 saturated carbocycles. The standard InChI is InChI=1S/C27H32FN5O4/c1-27(2,3)37-26(35)32-13-10-21(11-14-32)33-16-22(25(31-33)18-5-7-20(28)8-6-18)19-9-12-29-23(15-19)30-24(34)17-36-4/h5-9,12,15-16,21H,10-11,13-14,17H2,1-4H3,(H,29,30,34). The maximum Gasteiger partial charge on any atom is 0.410 e. The highest BCUT2D eigenvalue weighted by Crippen LogP contribution is 2.34. The first-order valence-electron chi connectivity index (χ1n) is 12.2. The number of amides is 2. The van der Waals surface area contributed by atoms with Gasteiger partial charge < -0.3 is 19.7 Å². The summed E-state index contributed by atoms with van der Waals surface area (Å²) in [6.07, 6.45) is 4.71. The molecule has 196 valence electrons. The van der Waals surface area contributed by atoms with Crippen molar-refractivity contribution in [2.24, 2.45) is 0 Å². The maximum absolute atomic E-state index is 13.6. The number of carbonyl (C=O) groups excluding carboxylic acids is 2. The van der Waals surface area contributed by atoms with Crippen LogP contribution in [0, 0.1) is 5.82 Å². The van der Waals surface area contributed by atoms with E-state index in [2.05, 4.69) is 10.3 Å². The molecular weight excluding hydrogens is 477 g/mol. The second-order valence-electron chi connectivity index (χ2n) is 9.99. The lowest BCUT2D eigenvalue weighted by Crippen LogP contribution is -2.42. The van der Waals surface area contributed by atoms with Gasteiger partial charge in [0.05, 0.1) is 6.04 Å². The monoisotopic (exact) mass is 509 g/mol. The molecule has 0 atom stereocenters. The van der Waals surface area contributed by atoms with E-state index in [-0.39, 0.29) is 30.5 Å². The van der Waals surface area contributed by atoms with Crippen molar-refractivity contribution in [3.05, 3.63) is 54.6 Å². The van der Waals surface area contributed by atoms with Crippen LogP contribution in [0.25, 0.3) is 22.4 Å². The first-order valence-corrected chi connectivity index (χ1v) is 12.2. The molecule has 2 aromatic heterocycles. The van der Waals surface area contributed by atoms with Crippen LogP contribution in [0.4, 0.5) is 15.0 Å². The van der Waals surface area contributed by atoms with Gasteiger partial charge in [-0.15, -0.1) is 0 Å². The molecule has 1 aromatic carbocycles. The number of carbonyl (C=O) groups is 2. The van der Waals surface area contributed by atoms with Gasteiger partial charge in [-0.1, -0.05) is 0 Å². The molecule has 1 aliphatic rings. The molecule has 37 heavy (non-hydrogen) atoms. The van der Waals surface area contributed by atoms with E-state index < -0.39 is 5.60 Å². The maximum atomic E-state index is 13.6. The van der Waals surface area contributed by atoms with Crippen LogP contribution < -0.4 is 5.32 Å². The third kappa shape index (κ3) is 6.71. The van der Waals surface area contributed by atoms with E-state index in [0.717, 1.165) is 29.5 Å². The van der Waals surface area contributed by atoms with Crippen LogP contribution in [-0.4, -0.2) is 64.1 Å². The fourth-order valence-corrected chi connectivity index (χ4v) is 4.23. The smallest absolute Gasteiger partial charge is 0.410 e. The number of anilines is 1. The van der Waals surface area contributed by atoms with Gasteiger partial charge in [-0.3, -0.25) is 9.48 Å². The van der Waals surface area contributed by atoms with E-state index in [0.29, 0.717) is 24.6 Å². The second kappa shape index (κ2) is 11.1. The molecule has 0 bridgehead atoms. The molecule has 1 saturated heterocycles. The van der Waals surface area contributed by atoms with Gasteiger partial charge in [-0.05, 0) is 75.6 Å².